The molecule has 0 saturated heterocycles. The highest BCUT2D eigenvalue weighted by molar-refractivity contribution is 7.80. The molecular formula is C12H15N4O4S-. The van der Waals surface area contributed by atoms with Crippen molar-refractivity contribution < 1.29 is 14.8 Å². The van der Waals surface area contributed by atoms with Gasteiger partial charge in [0.15, 0.2) is 5.11 Å². The van der Waals surface area contributed by atoms with Gasteiger partial charge in [-0.2, -0.15) is 5.10 Å². The molecule has 0 heterocycles. The molecule has 8 nitrogen and oxygen atoms in total. The first kappa shape index (κ1) is 16.8. The summed E-state index contributed by atoms with van der Waals surface area (Å²) in [6.45, 7) is 2.38. The van der Waals surface area contributed by atoms with Crippen molar-refractivity contribution in [1.29, 1.82) is 0 Å². The Morgan fingerprint density at radius 2 is 2.33 bits per heavy atom. The summed E-state index contributed by atoms with van der Waals surface area (Å²) in [6.07, 6.45) is 1.33. The average Bonchev–Trinajstić information content (AvgIpc) is 2.40. The number of nitrogens with zero attached hydrogens (tertiary/aromatic N) is 2. The molecule has 0 spiro atoms. The Balaban J connectivity index is 2.59. The van der Waals surface area contributed by atoms with Crippen LogP contribution < -0.4 is 15.8 Å². The fraction of sp³-hybridized carbons (Fsp3) is 0.333. The van der Waals surface area contributed by atoms with Gasteiger partial charge in [0.2, 0.25) is 0 Å². The number of hydrogen-bond acceptors (Lipinski definition) is 6. The molecule has 2 N–H and O–H groups in total. The van der Waals surface area contributed by atoms with Gasteiger partial charge >= 0.3 is 0 Å². The van der Waals surface area contributed by atoms with Crippen LogP contribution in [-0.4, -0.2) is 36.0 Å². The van der Waals surface area contributed by atoms with E-state index in [0.29, 0.717) is 17.3 Å². The van der Waals surface area contributed by atoms with Crippen LogP contribution in [0.25, 0.3) is 0 Å². The van der Waals surface area contributed by atoms with Gasteiger partial charge in [-0.3, -0.25) is 15.5 Å². The van der Waals surface area contributed by atoms with Gasteiger partial charge in [0.05, 0.1) is 17.7 Å². The third-order valence-electron chi connectivity index (χ3n) is 2.35. The Morgan fingerprint density at radius 3 is 2.95 bits per heavy atom. The molecule has 0 aliphatic heterocycles. The number of nitro groups is 1. The molecule has 0 aliphatic rings. The molecule has 1 rings (SSSR count). The quantitative estimate of drug-likeness (QED) is 0.340. The maximum Gasteiger partial charge on any atom is 0.262 e. The predicted molar refractivity (Wildman–Crippen MR) is 80.3 cm³/mol. The van der Waals surface area contributed by atoms with Crippen molar-refractivity contribution in [3.63, 3.8) is 0 Å². The smallest absolute Gasteiger partial charge is 0.262 e. The summed E-state index contributed by atoms with van der Waals surface area (Å²) < 4.78 is 4.94. The number of nitrogens with one attached hydrogen (secondary N) is 2. The summed E-state index contributed by atoms with van der Waals surface area (Å²) >= 11 is 5.00. The van der Waals surface area contributed by atoms with Crippen molar-refractivity contribution in [3.05, 3.63) is 33.9 Å². The van der Waals surface area contributed by atoms with Crippen molar-refractivity contribution in [3.8, 4) is 5.75 Å². The maximum atomic E-state index is 11.2. The molecule has 21 heavy (non-hydrogen) atoms. The highest BCUT2D eigenvalue weighted by atomic mass is 32.1. The predicted octanol–water partition coefficient (Wildman–Crippen LogP) is 0.501. The molecule has 114 valence electrons. The first-order valence-electron chi connectivity index (χ1n) is 5.98. The van der Waals surface area contributed by atoms with E-state index >= 15 is 0 Å². The van der Waals surface area contributed by atoms with Crippen LogP contribution in [0.15, 0.2) is 23.3 Å². The highest BCUT2D eigenvalue weighted by Gasteiger charge is 2.07. The number of rotatable bonds is 6. The zero-order valence-electron chi connectivity index (χ0n) is 11.5. The maximum absolute atomic E-state index is 11.2. The van der Waals surface area contributed by atoms with Crippen LogP contribution in [0.4, 0.5) is 5.69 Å². The summed E-state index contributed by atoms with van der Waals surface area (Å²) in [5, 5.41) is 28.9. The number of nitro benzene ring substituents is 1. The number of ether oxygens (including phenoxy) is 1. The van der Waals surface area contributed by atoms with E-state index in [1.54, 1.807) is 7.11 Å². The van der Waals surface area contributed by atoms with E-state index in [2.05, 4.69) is 15.8 Å². The summed E-state index contributed by atoms with van der Waals surface area (Å²) in [4.78, 5) is 9.91. The molecule has 0 fully saturated rings. The van der Waals surface area contributed by atoms with Gasteiger partial charge in [0.1, 0.15) is 0 Å². The normalized spacial score (nSPS) is 12.1. The Bertz CT molecular complexity index is 550. The van der Waals surface area contributed by atoms with E-state index in [4.69, 9.17) is 17.0 Å². The van der Waals surface area contributed by atoms with Gasteiger partial charge in [0.25, 0.3) is 5.69 Å². The minimum atomic E-state index is -0.730. The van der Waals surface area contributed by atoms with Crippen molar-refractivity contribution >= 4 is 29.2 Å². The van der Waals surface area contributed by atoms with Crippen LogP contribution in [0.2, 0.25) is 0 Å². The van der Waals surface area contributed by atoms with Crippen LogP contribution in [0.3, 0.4) is 0 Å². The lowest BCUT2D eigenvalue weighted by atomic mass is 10.2. The van der Waals surface area contributed by atoms with Gasteiger partial charge < -0.3 is 15.2 Å². The SMILES string of the molecule is COC[C@@H](C)NC(=S)N/N=C\c1ccc([O-])c([N+](=O)[O-])c1. The standard InChI is InChI=1S/C12H16N4O4S/c1-8(7-20-2)14-12(21)15-13-6-9-3-4-11(17)10(5-9)16(18)19/h3-6,8,17H,7H2,1-2H3,(H2,14,15,21)/p-1/b13-6-/t8-/m1/s1. The van der Waals surface area contributed by atoms with Crippen LogP contribution in [0.1, 0.15) is 12.5 Å². The summed E-state index contributed by atoms with van der Waals surface area (Å²) in [6, 6.07) is 3.73. The Kier molecular flexibility index (Phi) is 6.50. The molecular weight excluding hydrogens is 296 g/mol. The molecule has 0 unspecified atom stereocenters. The van der Waals surface area contributed by atoms with E-state index in [1.165, 1.54) is 12.3 Å². The van der Waals surface area contributed by atoms with Crippen molar-refractivity contribution in [2.45, 2.75) is 13.0 Å². The molecule has 0 bridgehead atoms. The van der Waals surface area contributed by atoms with Crippen LogP contribution in [-0.2, 0) is 4.74 Å². The monoisotopic (exact) mass is 311 g/mol. The second-order valence-corrected chi connectivity index (χ2v) is 4.59. The molecule has 0 aliphatic carbocycles. The largest absolute Gasteiger partial charge is 0.868 e. The zero-order chi connectivity index (χ0) is 15.8. The number of hydrazone groups is 1. The lowest BCUT2D eigenvalue weighted by Crippen LogP contribution is -2.40. The summed E-state index contributed by atoms with van der Waals surface area (Å²) in [7, 11) is 1.58. The third-order valence-corrected chi connectivity index (χ3v) is 2.56. The van der Waals surface area contributed by atoms with Gasteiger partial charge in [-0.1, -0.05) is 12.1 Å². The van der Waals surface area contributed by atoms with E-state index in [1.807, 2.05) is 6.92 Å². The highest BCUT2D eigenvalue weighted by Crippen LogP contribution is 2.22. The summed E-state index contributed by atoms with van der Waals surface area (Å²) in [5.41, 5.74) is 2.50. The minimum absolute atomic E-state index is 0.0195. The van der Waals surface area contributed by atoms with Crippen molar-refractivity contribution in [1.82, 2.24) is 10.7 Å². The van der Waals surface area contributed by atoms with Crippen molar-refractivity contribution in [2.75, 3.05) is 13.7 Å². The Hall–Kier alpha value is -2.26. The van der Waals surface area contributed by atoms with E-state index in [-0.39, 0.29) is 6.04 Å². The molecule has 0 saturated carbocycles. The van der Waals surface area contributed by atoms with E-state index in [9.17, 15) is 15.2 Å². The van der Waals surface area contributed by atoms with Crippen LogP contribution in [0.5, 0.6) is 5.75 Å². The molecule has 0 radical (unpaired) electrons. The first-order valence-corrected chi connectivity index (χ1v) is 6.38. The number of benzene rings is 1. The Morgan fingerprint density at radius 1 is 1.62 bits per heavy atom. The fourth-order valence-electron chi connectivity index (χ4n) is 1.47. The summed E-state index contributed by atoms with van der Waals surface area (Å²) in [5.74, 6) is -0.643. The molecule has 1 atom stereocenters. The van der Waals surface area contributed by atoms with Crippen molar-refractivity contribution in [2.24, 2.45) is 5.10 Å². The second-order valence-electron chi connectivity index (χ2n) is 4.18. The zero-order valence-corrected chi connectivity index (χ0v) is 12.3. The van der Waals surface area contributed by atoms with E-state index in [0.717, 1.165) is 12.1 Å². The van der Waals surface area contributed by atoms with Crippen LogP contribution >= 0.6 is 12.2 Å². The first-order chi connectivity index (χ1) is 9.93. The Labute approximate surface area is 127 Å². The number of hydrogen-bond donors (Lipinski definition) is 2. The van der Waals surface area contributed by atoms with Gasteiger partial charge in [-0.15, -0.1) is 0 Å². The molecule has 1 aromatic rings. The lowest BCUT2D eigenvalue weighted by Gasteiger charge is -2.13. The number of thiocarbonyl (C=S) groups is 1. The van der Waals surface area contributed by atoms with E-state index < -0.39 is 16.4 Å². The fourth-order valence-corrected chi connectivity index (χ4v) is 1.72. The third kappa shape index (κ3) is 5.71. The average molecular weight is 311 g/mol. The van der Waals surface area contributed by atoms with Gasteiger partial charge in [-0.05, 0) is 24.9 Å². The second kappa shape index (κ2) is 8.12. The molecule has 1 aromatic carbocycles. The molecule has 0 amide bonds. The molecule has 9 heteroatoms. The molecule has 0 aromatic heterocycles. The van der Waals surface area contributed by atoms with Crippen LogP contribution in [0, 0.1) is 10.1 Å². The van der Waals surface area contributed by atoms with Gasteiger partial charge in [-0.25, -0.2) is 0 Å². The number of methoxy groups -OCH3 is 1. The minimum Gasteiger partial charge on any atom is -0.868 e. The lowest BCUT2D eigenvalue weighted by molar-refractivity contribution is -0.398. The van der Waals surface area contributed by atoms with Gasteiger partial charge in [0, 0.05) is 24.8 Å². The topological polar surface area (TPSA) is 112 Å².